The molecule has 1 aromatic heterocycles. The maximum Gasteiger partial charge on any atom is 0.303 e. The first-order valence-corrected chi connectivity index (χ1v) is 14.6. The minimum atomic E-state index is -0.807. The van der Waals surface area contributed by atoms with Crippen LogP contribution < -0.4 is 4.74 Å². The molecule has 1 amide bonds. The molecule has 1 N–H and O–H groups in total. The normalized spacial score (nSPS) is 14.1. The van der Waals surface area contributed by atoms with Gasteiger partial charge in [-0.2, -0.15) is 5.10 Å². The van der Waals surface area contributed by atoms with E-state index in [2.05, 4.69) is 0 Å². The first kappa shape index (κ1) is 28.3. The molecule has 0 spiro atoms. The van der Waals surface area contributed by atoms with Gasteiger partial charge in [-0.3, -0.25) is 14.5 Å². The molecular formula is C32H29N3O4S2. The highest BCUT2D eigenvalue weighted by atomic mass is 32.2. The van der Waals surface area contributed by atoms with Gasteiger partial charge in [0, 0.05) is 30.3 Å². The molecule has 7 nitrogen and oxygen atoms in total. The second kappa shape index (κ2) is 13.4. The van der Waals surface area contributed by atoms with Crippen molar-refractivity contribution in [3.05, 3.63) is 107 Å². The van der Waals surface area contributed by atoms with E-state index in [-0.39, 0.29) is 12.3 Å². The maximum absolute atomic E-state index is 13.3. The number of carboxylic acid groups (broad SMARTS) is 1. The summed E-state index contributed by atoms with van der Waals surface area (Å²) >= 11 is 6.80. The van der Waals surface area contributed by atoms with Gasteiger partial charge in [0.05, 0.1) is 10.6 Å². The Balaban J connectivity index is 1.40. The number of hydrogen-bond donors (Lipinski definition) is 1. The zero-order valence-electron chi connectivity index (χ0n) is 22.3. The van der Waals surface area contributed by atoms with Crippen molar-refractivity contribution in [1.29, 1.82) is 0 Å². The van der Waals surface area contributed by atoms with Crippen molar-refractivity contribution in [3.63, 3.8) is 0 Å². The highest BCUT2D eigenvalue weighted by Gasteiger charge is 2.32. The summed E-state index contributed by atoms with van der Waals surface area (Å²) in [6.07, 6.45) is 5.89. The Hall–Kier alpha value is -4.21. The summed E-state index contributed by atoms with van der Waals surface area (Å²) in [5, 5.41) is 13.7. The lowest BCUT2D eigenvalue weighted by Crippen LogP contribution is -2.29. The Morgan fingerprint density at radius 3 is 2.49 bits per heavy atom. The molecule has 9 heteroatoms. The van der Waals surface area contributed by atoms with Gasteiger partial charge in [0.25, 0.3) is 5.91 Å². The van der Waals surface area contributed by atoms with Crippen molar-refractivity contribution in [2.45, 2.75) is 32.3 Å². The number of carbonyl (C=O) groups is 2. The highest BCUT2D eigenvalue weighted by Crippen LogP contribution is 2.35. The average molecular weight is 584 g/mol. The summed E-state index contributed by atoms with van der Waals surface area (Å²) < 4.78 is 8.38. The minimum Gasteiger partial charge on any atom is -0.489 e. The van der Waals surface area contributed by atoms with E-state index >= 15 is 0 Å². The first-order valence-electron chi connectivity index (χ1n) is 13.4. The van der Waals surface area contributed by atoms with Crippen LogP contribution >= 0.6 is 24.0 Å². The average Bonchev–Trinajstić information content (AvgIpc) is 3.53. The number of benzene rings is 3. The van der Waals surface area contributed by atoms with E-state index in [0.717, 1.165) is 40.2 Å². The Kier molecular flexibility index (Phi) is 9.28. The van der Waals surface area contributed by atoms with E-state index in [1.165, 1.54) is 11.8 Å². The number of para-hydroxylation sites is 1. The molecule has 3 aromatic carbocycles. The van der Waals surface area contributed by atoms with Gasteiger partial charge in [0.1, 0.15) is 22.4 Å². The van der Waals surface area contributed by atoms with Gasteiger partial charge in [-0.05, 0) is 48.7 Å². The third-order valence-electron chi connectivity index (χ3n) is 6.55. The zero-order chi connectivity index (χ0) is 28.6. The molecule has 41 heavy (non-hydrogen) atoms. The summed E-state index contributed by atoms with van der Waals surface area (Å²) in [4.78, 5) is 26.2. The Labute approximate surface area is 248 Å². The van der Waals surface area contributed by atoms with Crippen LogP contribution in [0.15, 0.2) is 96.0 Å². The number of amides is 1. The number of aliphatic carboxylic acids is 1. The fourth-order valence-corrected chi connectivity index (χ4v) is 5.76. The quantitative estimate of drug-likeness (QED) is 0.110. The smallest absolute Gasteiger partial charge is 0.303 e. The predicted molar refractivity (Wildman–Crippen MR) is 166 cm³/mol. The molecule has 0 aliphatic carbocycles. The molecule has 0 unspecified atom stereocenters. The van der Waals surface area contributed by atoms with Crippen molar-refractivity contribution >= 4 is 46.3 Å². The summed E-state index contributed by atoms with van der Waals surface area (Å²) in [7, 11) is 0. The van der Waals surface area contributed by atoms with E-state index in [9.17, 15) is 9.59 Å². The van der Waals surface area contributed by atoms with Crippen LogP contribution in [0.25, 0.3) is 23.0 Å². The molecule has 2 heterocycles. The van der Waals surface area contributed by atoms with Crippen LogP contribution in [-0.4, -0.2) is 42.5 Å². The molecule has 0 bridgehead atoms. The molecule has 1 saturated heterocycles. The maximum atomic E-state index is 13.3. The number of ether oxygens (including phenoxy) is 1. The topological polar surface area (TPSA) is 84.7 Å². The first-order chi connectivity index (χ1) is 20.0. The minimum absolute atomic E-state index is 0.130. The van der Waals surface area contributed by atoms with Crippen LogP contribution in [0.1, 0.15) is 36.8 Å². The van der Waals surface area contributed by atoms with Crippen molar-refractivity contribution < 1.29 is 19.4 Å². The van der Waals surface area contributed by atoms with Gasteiger partial charge in [-0.1, -0.05) is 91.1 Å². The van der Waals surface area contributed by atoms with E-state index in [4.69, 9.17) is 27.2 Å². The van der Waals surface area contributed by atoms with Crippen molar-refractivity contribution in [3.8, 4) is 22.7 Å². The number of thiocarbonyl (C=S) groups is 1. The number of nitrogens with zero attached hydrogens (tertiary/aromatic N) is 3. The second-order valence-electron chi connectivity index (χ2n) is 9.55. The molecule has 0 atom stereocenters. The van der Waals surface area contributed by atoms with Gasteiger partial charge in [-0.15, -0.1) is 0 Å². The van der Waals surface area contributed by atoms with Crippen LogP contribution in [0, 0.1) is 0 Å². The van der Waals surface area contributed by atoms with Crippen LogP contribution in [0.4, 0.5) is 0 Å². The number of aromatic nitrogens is 2. The van der Waals surface area contributed by atoms with E-state index < -0.39 is 5.97 Å². The molecule has 1 aliphatic heterocycles. The van der Waals surface area contributed by atoms with Crippen LogP contribution in [0.5, 0.6) is 5.75 Å². The molecule has 1 fully saturated rings. The largest absolute Gasteiger partial charge is 0.489 e. The monoisotopic (exact) mass is 583 g/mol. The summed E-state index contributed by atoms with van der Waals surface area (Å²) in [5.74, 6) is -0.226. The third-order valence-corrected chi connectivity index (χ3v) is 7.93. The van der Waals surface area contributed by atoms with Crippen molar-refractivity contribution in [1.82, 2.24) is 14.7 Å². The van der Waals surface area contributed by atoms with Gasteiger partial charge >= 0.3 is 5.97 Å². The van der Waals surface area contributed by atoms with Crippen LogP contribution in [0.2, 0.25) is 0 Å². The number of unbranched alkanes of at least 4 members (excludes halogenated alkanes) is 2. The summed E-state index contributed by atoms with van der Waals surface area (Å²) in [6, 6.07) is 27.6. The SMILES string of the molecule is O=C(O)CCCCCN1C(=O)/C(=C/c2cn(-c3ccccc3)nc2-c2cccc(OCc3ccccc3)c2)SC1=S. The number of rotatable bonds is 12. The van der Waals surface area contributed by atoms with Crippen molar-refractivity contribution in [2.75, 3.05) is 6.54 Å². The van der Waals surface area contributed by atoms with Crippen molar-refractivity contribution in [2.24, 2.45) is 0 Å². The lowest BCUT2D eigenvalue weighted by Gasteiger charge is -2.13. The molecular weight excluding hydrogens is 555 g/mol. The van der Waals surface area contributed by atoms with E-state index in [1.807, 2.05) is 102 Å². The fraction of sp³-hybridized carbons (Fsp3) is 0.188. The fourth-order valence-electron chi connectivity index (χ4n) is 4.46. The molecule has 5 rings (SSSR count). The number of carbonyl (C=O) groups excluding carboxylic acids is 1. The molecule has 0 radical (unpaired) electrons. The number of thioether (sulfide) groups is 1. The van der Waals surface area contributed by atoms with Crippen LogP contribution in [0.3, 0.4) is 0 Å². The third kappa shape index (κ3) is 7.31. The Morgan fingerprint density at radius 2 is 1.73 bits per heavy atom. The van der Waals surface area contributed by atoms with Crippen LogP contribution in [-0.2, 0) is 16.2 Å². The lowest BCUT2D eigenvalue weighted by molar-refractivity contribution is -0.137. The van der Waals surface area contributed by atoms with Gasteiger partial charge in [0.15, 0.2) is 0 Å². The zero-order valence-corrected chi connectivity index (χ0v) is 23.9. The molecule has 208 valence electrons. The van der Waals surface area contributed by atoms with Gasteiger partial charge < -0.3 is 9.84 Å². The Bertz CT molecular complexity index is 1570. The second-order valence-corrected chi connectivity index (χ2v) is 11.2. The lowest BCUT2D eigenvalue weighted by atomic mass is 10.1. The summed E-state index contributed by atoms with van der Waals surface area (Å²) in [6.45, 7) is 0.924. The highest BCUT2D eigenvalue weighted by molar-refractivity contribution is 8.26. The number of hydrogen-bond acceptors (Lipinski definition) is 6. The molecule has 0 saturated carbocycles. The van der Waals surface area contributed by atoms with Gasteiger partial charge in [-0.25, -0.2) is 4.68 Å². The van der Waals surface area contributed by atoms with E-state index in [0.29, 0.717) is 35.2 Å². The standard InChI is InChI=1S/C32H29N3O4S2/c36-29(37)17-8-3-9-18-34-31(38)28(41-32(34)40)20-25-21-35(26-14-6-2-7-15-26)33-30(25)24-13-10-16-27(19-24)39-22-23-11-4-1-5-12-23/h1-2,4-7,10-16,19-21H,3,8-9,17-18,22H2,(H,36,37)/b28-20-. The predicted octanol–water partition coefficient (Wildman–Crippen LogP) is 6.96. The van der Waals surface area contributed by atoms with Gasteiger partial charge in [0.2, 0.25) is 0 Å². The molecule has 4 aromatic rings. The molecule has 1 aliphatic rings. The van der Waals surface area contributed by atoms with E-state index in [1.54, 1.807) is 4.90 Å². The number of carboxylic acids is 1. The summed E-state index contributed by atoms with van der Waals surface area (Å²) in [5.41, 5.74) is 4.36. The Morgan fingerprint density at radius 1 is 0.976 bits per heavy atom.